The molecule has 0 fully saturated rings. The molecule has 0 bridgehead atoms. The van der Waals surface area contributed by atoms with Crippen LogP contribution in [0.25, 0.3) is 22.6 Å². The van der Waals surface area contributed by atoms with Gasteiger partial charge in [-0.3, -0.25) is 0 Å². The molecule has 20 heavy (non-hydrogen) atoms. The van der Waals surface area contributed by atoms with Crippen LogP contribution in [0.1, 0.15) is 0 Å². The second-order valence-electron chi connectivity index (χ2n) is 3.96. The van der Waals surface area contributed by atoms with Crippen molar-refractivity contribution in [2.45, 2.75) is 0 Å². The zero-order valence-electron chi connectivity index (χ0n) is 9.52. The van der Waals surface area contributed by atoms with Gasteiger partial charge in [-0.2, -0.15) is 0 Å². The van der Waals surface area contributed by atoms with Gasteiger partial charge in [0.25, 0.3) is 0 Å². The maximum Gasteiger partial charge on any atom is 0.179 e. The summed E-state index contributed by atoms with van der Waals surface area (Å²) in [7, 11) is 0. The molecule has 0 aliphatic rings. The van der Waals surface area contributed by atoms with E-state index in [2.05, 4.69) is 15.0 Å². The van der Waals surface area contributed by atoms with Crippen LogP contribution >= 0.6 is 23.2 Å². The minimum atomic E-state index is -1.07. The molecule has 0 saturated heterocycles. The number of aromatic nitrogens is 3. The molecule has 3 nitrogen and oxygen atoms in total. The highest BCUT2D eigenvalue weighted by Gasteiger charge is 2.18. The number of fused-ring (bicyclic) bond motifs is 1. The van der Waals surface area contributed by atoms with E-state index in [0.29, 0.717) is 17.6 Å². The minimum Gasteiger partial charge on any atom is -0.336 e. The first-order chi connectivity index (χ1) is 9.45. The summed E-state index contributed by atoms with van der Waals surface area (Å²) in [4.78, 5) is 10.5. The molecule has 102 valence electrons. The highest BCUT2D eigenvalue weighted by atomic mass is 35.5. The van der Waals surface area contributed by atoms with Crippen molar-refractivity contribution in [1.29, 1.82) is 0 Å². The van der Waals surface area contributed by atoms with Crippen molar-refractivity contribution in [3.05, 3.63) is 45.8 Å². The SMILES string of the molecule is Fc1cc(F)c(-c2nc3nc(Cl)c(Cl)cc3[nH]2)c(F)c1. The van der Waals surface area contributed by atoms with Gasteiger partial charge in [-0.15, -0.1) is 0 Å². The number of benzene rings is 1. The fourth-order valence-electron chi connectivity index (χ4n) is 1.78. The Morgan fingerprint density at radius 1 is 0.950 bits per heavy atom. The Hall–Kier alpha value is -1.79. The molecule has 8 heteroatoms. The highest BCUT2D eigenvalue weighted by molar-refractivity contribution is 6.41. The number of hydrogen-bond acceptors (Lipinski definition) is 2. The second-order valence-corrected chi connectivity index (χ2v) is 4.73. The molecule has 3 rings (SSSR count). The summed E-state index contributed by atoms with van der Waals surface area (Å²) in [6.07, 6.45) is 0. The number of nitrogens with zero attached hydrogens (tertiary/aromatic N) is 2. The molecule has 2 aromatic heterocycles. The van der Waals surface area contributed by atoms with Crippen LogP contribution in [0.4, 0.5) is 13.2 Å². The van der Waals surface area contributed by atoms with Crippen LogP contribution in [0.2, 0.25) is 10.2 Å². The van der Waals surface area contributed by atoms with E-state index in [1.807, 2.05) is 0 Å². The van der Waals surface area contributed by atoms with Gasteiger partial charge in [-0.25, -0.2) is 23.1 Å². The molecule has 0 aliphatic heterocycles. The molecule has 0 spiro atoms. The summed E-state index contributed by atoms with van der Waals surface area (Å²) in [6, 6.07) is 2.57. The van der Waals surface area contributed by atoms with Crippen LogP contribution in [0.3, 0.4) is 0 Å². The van der Waals surface area contributed by atoms with Gasteiger partial charge < -0.3 is 4.98 Å². The van der Waals surface area contributed by atoms with Crippen LogP contribution in [0.15, 0.2) is 18.2 Å². The lowest BCUT2D eigenvalue weighted by Gasteiger charge is -2.01. The second kappa shape index (κ2) is 4.64. The smallest absolute Gasteiger partial charge is 0.179 e. The van der Waals surface area contributed by atoms with Gasteiger partial charge in [0.15, 0.2) is 5.65 Å². The van der Waals surface area contributed by atoms with Crippen LogP contribution in [-0.4, -0.2) is 15.0 Å². The Morgan fingerprint density at radius 2 is 1.60 bits per heavy atom. The van der Waals surface area contributed by atoms with Gasteiger partial charge in [-0.05, 0) is 6.07 Å². The zero-order valence-corrected chi connectivity index (χ0v) is 11.0. The Balaban J connectivity index is 2.25. The van der Waals surface area contributed by atoms with E-state index < -0.39 is 23.0 Å². The average molecular weight is 318 g/mol. The number of pyridine rings is 1. The van der Waals surface area contributed by atoms with Crippen molar-refractivity contribution < 1.29 is 13.2 Å². The number of rotatable bonds is 1. The largest absolute Gasteiger partial charge is 0.336 e. The first kappa shape index (κ1) is 13.2. The molecule has 0 aliphatic carbocycles. The van der Waals surface area contributed by atoms with Crippen LogP contribution in [-0.2, 0) is 0 Å². The van der Waals surface area contributed by atoms with E-state index in [4.69, 9.17) is 23.2 Å². The van der Waals surface area contributed by atoms with E-state index in [-0.39, 0.29) is 21.6 Å². The number of nitrogens with one attached hydrogen (secondary N) is 1. The number of hydrogen-bond donors (Lipinski definition) is 1. The predicted molar refractivity (Wildman–Crippen MR) is 69.2 cm³/mol. The van der Waals surface area contributed by atoms with E-state index >= 15 is 0 Å². The zero-order chi connectivity index (χ0) is 14.4. The van der Waals surface area contributed by atoms with Gasteiger partial charge >= 0.3 is 0 Å². The average Bonchev–Trinajstić information content (AvgIpc) is 2.70. The molecule has 0 amide bonds. The summed E-state index contributed by atoms with van der Waals surface area (Å²) >= 11 is 11.5. The van der Waals surface area contributed by atoms with Crippen molar-refractivity contribution >= 4 is 34.4 Å². The minimum absolute atomic E-state index is 0.0252. The standard InChI is InChI=1S/C12H4Cl2F3N3/c13-5-3-8-11(19-10(5)14)20-12(18-8)9-6(16)1-4(15)2-7(9)17/h1-3H,(H,18,19,20). The monoisotopic (exact) mass is 317 g/mol. The lowest BCUT2D eigenvalue weighted by Crippen LogP contribution is -1.93. The summed E-state index contributed by atoms with van der Waals surface area (Å²) in [5.41, 5.74) is 0.0340. The lowest BCUT2D eigenvalue weighted by molar-refractivity contribution is 0.547. The molecule has 1 aromatic carbocycles. The molecule has 0 atom stereocenters. The molecule has 0 unspecified atom stereocenters. The van der Waals surface area contributed by atoms with Gasteiger partial charge in [0.05, 0.1) is 16.1 Å². The Morgan fingerprint density at radius 3 is 2.25 bits per heavy atom. The Labute approximate surface area is 120 Å². The van der Waals surface area contributed by atoms with Crippen molar-refractivity contribution in [3.63, 3.8) is 0 Å². The lowest BCUT2D eigenvalue weighted by atomic mass is 10.2. The fourth-order valence-corrected chi connectivity index (χ4v) is 2.07. The third-order valence-corrected chi connectivity index (χ3v) is 3.30. The summed E-state index contributed by atoms with van der Waals surface area (Å²) < 4.78 is 40.2. The van der Waals surface area contributed by atoms with Crippen LogP contribution in [0, 0.1) is 17.5 Å². The Kier molecular flexibility index (Phi) is 3.07. The van der Waals surface area contributed by atoms with E-state index in [0.717, 1.165) is 0 Å². The van der Waals surface area contributed by atoms with Gasteiger partial charge in [0, 0.05) is 12.1 Å². The van der Waals surface area contributed by atoms with E-state index in [9.17, 15) is 13.2 Å². The van der Waals surface area contributed by atoms with Gasteiger partial charge in [0.1, 0.15) is 28.4 Å². The van der Waals surface area contributed by atoms with Crippen LogP contribution in [0.5, 0.6) is 0 Å². The number of H-pyrrole nitrogens is 1. The molecule has 3 aromatic rings. The first-order valence-electron chi connectivity index (χ1n) is 5.32. The van der Waals surface area contributed by atoms with Crippen molar-refractivity contribution in [2.75, 3.05) is 0 Å². The highest BCUT2D eigenvalue weighted by Crippen LogP contribution is 2.29. The molecule has 0 radical (unpaired) electrons. The van der Waals surface area contributed by atoms with Gasteiger partial charge in [0.2, 0.25) is 0 Å². The third kappa shape index (κ3) is 2.10. The summed E-state index contributed by atoms with van der Waals surface area (Å²) in [5.74, 6) is -3.28. The number of imidazole rings is 1. The molecular formula is C12H4Cl2F3N3. The fraction of sp³-hybridized carbons (Fsp3) is 0. The summed E-state index contributed by atoms with van der Waals surface area (Å²) in [6.45, 7) is 0. The van der Waals surface area contributed by atoms with Crippen LogP contribution < -0.4 is 0 Å². The normalized spacial score (nSPS) is 11.2. The third-order valence-electron chi connectivity index (χ3n) is 2.63. The topological polar surface area (TPSA) is 41.6 Å². The quantitative estimate of drug-likeness (QED) is 0.678. The van der Waals surface area contributed by atoms with Crippen molar-refractivity contribution in [2.24, 2.45) is 0 Å². The predicted octanol–water partition coefficient (Wildman–Crippen LogP) is 4.35. The molecule has 2 heterocycles. The number of aromatic amines is 1. The maximum absolute atomic E-state index is 13.7. The summed E-state index contributed by atoms with van der Waals surface area (Å²) in [5, 5.41) is 0.201. The molecule has 1 N–H and O–H groups in total. The first-order valence-corrected chi connectivity index (χ1v) is 6.08. The van der Waals surface area contributed by atoms with E-state index in [1.54, 1.807) is 0 Å². The molecule has 0 saturated carbocycles. The Bertz CT molecular complexity index is 770. The molecular weight excluding hydrogens is 314 g/mol. The van der Waals surface area contributed by atoms with Crippen molar-refractivity contribution in [3.8, 4) is 11.4 Å². The van der Waals surface area contributed by atoms with Crippen molar-refractivity contribution in [1.82, 2.24) is 15.0 Å². The number of halogens is 5. The van der Waals surface area contributed by atoms with Gasteiger partial charge in [-0.1, -0.05) is 23.2 Å². The van der Waals surface area contributed by atoms with E-state index in [1.165, 1.54) is 6.07 Å². The maximum atomic E-state index is 13.7.